The van der Waals surface area contributed by atoms with Crippen molar-refractivity contribution >= 4 is 40.6 Å². The number of hydrogen-bond acceptors (Lipinski definition) is 5. The maximum atomic E-state index is 13.1. The summed E-state index contributed by atoms with van der Waals surface area (Å²) in [4.78, 5) is 37.2. The van der Waals surface area contributed by atoms with Crippen LogP contribution in [0.3, 0.4) is 0 Å². The van der Waals surface area contributed by atoms with Gasteiger partial charge in [0.1, 0.15) is 6.42 Å². The number of rotatable bonds is 11. The highest BCUT2D eigenvalue weighted by atomic mass is 35.5. The molecule has 7 nitrogen and oxygen atoms in total. The van der Waals surface area contributed by atoms with E-state index >= 15 is 0 Å². The van der Waals surface area contributed by atoms with Crippen molar-refractivity contribution < 1.29 is 14.4 Å². The number of benzene rings is 2. The minimum absolute atomic E-state index is 0.104. The molecular weight excluding hydrogens is 440 g/mol. The van der Waals surface area contributed by atoms with Gasteiger partial charge < -0.3 is 5.32 Å². The quantitative estimate of drug-likeness (QED) is 0.274. The predicted octanol–water partition coefficient (Wildman–Crippen LogP) is 5.05. The molecule has 0 saturated carbocycles. The van der Waals surface area contributed by atoms with Gasteiger partial charge in [0.25, 0.3) is 5.91 Å². The molecule has 0 aromatic heterocycles. The minimum Gasteiger partial charge on any atom is -0.326 e. The first-order valence-corrected chi connectivity index (χ1v) is 11.1. The summed E-state index contributed by atoms with van der Waals surface area (Å²) in [5.41, 5.74) is 4.94. The third-order valence-electron chi connectivity index (χ3n) is 5.05. The smallest absolute Gasteiger partial charge is 0.254 e. The molecule has 2 amide bonds. The third kappa shape index (κ3) is 8.17. The van der Waals surface area contributed by atoms with E-state index in [1.807, 2.05) is 19.9 Å². The van der Waals surface area contributed by atoms with Gasteiger partial charge in [0.2, 0.25) is 5.91 Å². The average Bonchev–Trinajstić information content (AvgIpc) is 2.80. The van der Waals surface area contributed by atoms with Crippen LogP contribution in [0, 0.1) is 24.2 Å². The number of nitrogens with one attached hydrogen (secondary N) is 2. The van der Waals surface area contributed by atoms with E-state index < -0.39 is 11.8 Å². The zero-order valence-electron chi connectivity index (χ0n) is 18.7. The molecule has 33 heavy (non-hydrogen) atoms. The summed E-state index contributed by atoms with van der Waals surface area (Å²) in [6.07, 6.45) is 1.14. The number of aryl methyl sites for hydroxylation is 1. The SMILES string of the molecule is CCC(C(=O)c1ccccc1)C(CCCC(=O)Nc1ccc(Cl)cc1C)=NNC(=O)CC#N. The number of nitriles is 1. The van der Waals surface area contributed by atoms with Crippen molar-refractivity contribution in [2.45, 2.75) is 46.0 Å². The summed E-state index contributed by atoms with van der Waals surface area (Å²) in [7, 11) is 0. The fourth-order valence-corrected chi connectivity index (χ4v) is 3.57. The van der Waals surface area contributed by atoms with Crippen LogP contribution >= 0.6 is 11.6 Å². The average molecular weight is 467 g/mol. The molecule has 1 atom stereocenters. The van der Waals surface area contributed by atoms with Crippen LogP contribution in [0.2, 0.25) is 5.02 Å². The molecule has 2 N–H and O–H groups in total. The van der Waals surface area contributed by atoms with Crippen molar-refractivity contribution in [2.75, 3.05) is 5.32 Å². The summed E-state index contributed by atoms with van der Waals surface area (Å²) in [6, 6.07) is 15.9. The lowest BCUT2D eigenvalue weighted by Gasteiger charge is -2.17. The summed E-state index contributed by atoms with van der Waals surface area (Å²) < 4.78 is 0. The summed E-state index contributed by atoms with van der Waals surface area (Å²) in [5, 5.41) is 16.3. The molecule has 8 heteroatoms. The first-order chi connectivity index (χ1) is 15.8. The number of hydrogen-bond donors (Lipinski definition) is 2. The van der Waals surface area contributed by atoms with Gasteiger partial charge >= 0.3 is 0 Å². The minimum atomic E-state index is -0.548. The zero-order chi connectivity index (χ0) is 24.2. The topological polar surface area (TPSA) is 111 Å². The second kappa shape index (κ2) is 13.1. The van der Waals surface area contributed by atoms with Gasteiger partial charge in [-0.15, -0.1) is 0 Å². The van der Waals surface area contributed by atoms with Gasteiger partial charge in [0.05, 0.1) is 12.0 Å². The van der Waals surface area contributed by atoms with Crippen LogP contribution in [-0.2, 0) is 9.59 Å². The Bertz CT molecular complexity index is 1060. The van der Waals surface area contributed by atoms with Gasteiger partial charge in [-0.1, -0.05) is 48.9 Å². The van der Waals surface area contributed by atoms with Crippen molar-refractivity contribution in [2.24, 2.45) is 11.0 Å². The van der Waals surface area contributed by atoms with Crippen LogP contribution in [0.1, 0.15) is 54.9 Å². The number of carbonyl (C=O) groups is 3. The van der Waals surface area contributed by atoms with Crippen LogP contribution < -0.4 is 10.7 Å². The monoisotopic (exact) mass is 466 g/mol. The second-order valence-corrected chi connectivity index (χ2v) is 7.96. The van der Waals surface area contributed by atoms with Crippen molar-refractivity contribution in [3.63, 3.8) is 0 Å². The van der Waals surface area contributed by atoms with Crippen LogP contribution in [0.4, 0.5) is 5.69 Å². The number of anilines is 1. The Balaban J connectivity index is 2.09. The van der Waals surface area contributed by atoms with Gasteiger partial charge in [-0.05, 0) is 49.9 Å². The van der Waals surface area contributed by atoms with Crippen molar-refractivity contribution in [3.8, 4) is 6.07 Å². The van der Waals surface area contributed by atoms with Gasteiger partial charge in [0, 0.05) is 28.4 Å². The van der Waals surface area contributed by atoms with Crippen molar-refractivity contribution in [1.29, 1.82) is 5.26 Å². The predicted molar refractivity (Wildman–Crippen MR) is 129 cm³/mol. The molecular formula is C25H27ClN4O3. The highest BCUT2D eigenvalue weighted by Gasteiger charge is 2.24. The molecule has 0 bridgehead atoms. The number of halogens is 1. The lowest BCUT2D eigenvalue weighted by Crippen LogP contribution is -2.28. The van der Waals surface area contributed by atoms with Gasteiger partial charge in [-0.25, -0.2) is 5.43 Å². The Morgan fingerprint density at radius 2 is 1.82 bits per heavy atom. The van der Waals surface area contributed by atoms with E-state index in [1.54, 1.807) is 48.5 Å². The Morgan fingerprint density at radius 1 is 1.09 bits per heavy atom. The van der Waals surface area contributed by atoms with Gasteiger partial charge in [0.15, 0.2) is 5.78 Å². The molecule has 0 heterocycles. The highest BCUT2D eigenvalue weighted by Crippen LogP contribution is 2.21. The lowest BCUT2D eigenvalue weighted by molar-refractivity contribution is -0.120. The van der Waals surface area contributed by atoms with E-state index in [1.165, 1.54) is 0 Å². The first kappa shape index (κ1) is 25.8. The number of Topliss-reactive ketones (excluding diaryl/α,β-unsaturated/α-hetero) is 1. The molecule has 0 aliphatic heterocycles. The number of nitrogens with zero attached hydrogens (tertiary/aromatic N) is 2. The molecule has 2 rings (SSSR count). The maximum Gasteiger partial charge on any atom is 0.254 e. The molecule has 2 aromatic carbocycles. The fourth-order valence-electron chi connectivity index (χ4n) is 3.34. The van der Waals surface area contributed by atoms with E-state index in [0.29, 0.717) is 41.2 Å². The van der Waals surface area contributed by atoms with Crippen LogP contribution in [0.25, 0.3) is 0 Å². The van der Waals surface area contributed by atoms with Crippen LogP contribution in [0.5, 0.6) is 0 Å². The summed E-state index contributed by atoms with van der Waals surface area (Å²) >= 11 is 5.96. The highest BCUT2D eigenvalue weighted by molar-refractivity contribution is 6.30. The second-order valence-electron chi connectivity index (χ2n) is 7.53. The third-order valence-corrected chi connectivity index (χ3v) is 5.28. The Kier molecular flexibility index (Phi) is 10.3. The Morgan fingerprint density at radius 3 is 2.45 bits per heavy atom. The van der Waals surface area contributed by atoms with Gasteiger partial charge in [-0.3, -0.25) is 14.4 Å². The first-order valence-electron chi connectivity index (χ1n) is 10.7. The zero-order valence-corrected chi connectivity index (χ0v) is 19.5. The molecule has 2 aromatic rings. The molecule has 0 saturated heterocycles. The molecule has 172 valence electrons. The molecule has 1 unspecified atom stereocenters. The normalized spacial score (nSPS) is 11.9. The molecule has 0 aliphatic rings. The van der Waals surface area contributed by atoms with E-state index in [9.17, 15) is 14.4 Å². The van der Waals surface area contributed by atoms with E-state index in [4.69, 9.17) is 16.9 Å². The number of ketones is 1. The standard InChI is InChI=1S/C25H27ClN4O3/c1-3-20(25(33)18-8-5-4-6-9-18)22(29-30-24(32)14-15-27)10-7-11-23(31)28-21-13-12-19(26)16-17(21)2/h4-6,8-9,12-13,16,20H,3,7,10-11,14H2,1-2H3,(H,28,31)(H,30,32). The van der Waals surface area contributed by atoms with Crippen LogP contribution in [-0.4, -0.2) is 23.3 Å². The van der Waals surface area contributed by atoms with E-state index in [0.717, 1.165) is 5.56 Å². The maximum absolute atomic E-state index is 13.1. The molecule has 0 radical (unpaired) electrons. The van der Waals surface area contributed by atoms with Gasteiger partial charge in [-0.2, -0.15) is 10.4 Å². The number of carbonyl (C=O) groups excluding carboxylic acids is 3. The Hall–Kier alpha value is -3.50. The number of hydrazone groups is 1. The molecule has 0 spiro atoms. The summed E-state index contributed by atoms with van der Waals surface area (Å²) in [5.74, 6) is -1.37. The van der Waals surface area contributed by atoms with Crippen LogP contribution in [0.15, 0.2) is 53.6 Å². The lowest BCUT2D eigenvalue weighted by atomic mass is 9.88. The summed E-state index contributed by atoms with van der Waals surface area (Å²) in [6.45, 7) is 3.73. The van der Waals surface area contributed by atoms with E-state index in [-0.39, 0.29) is 24.5 Å². The largest absolute Gasteiger partial charge is 0.326 e. The fraction of sp³-hybridized carbons (Fsp3) is 0.320. The number of amides is 2. The molecule has 0 aliphatic carbocycles. The Labute approximate surface area is 198 Å². The van der Waals surface area contributed by atoms with Crippen molar-refractivity contribution in [1.82, 2.24) is 5.43 Å². The van der Waals surface area contributed by atoms with E-state index in [2.05, 4.69) is 15.8 Å². The van der Waals surface area contributed by atoms with Crippen molar-refractivity contribution in [3.05, 3.63) is 64.7 Å². The molecule has 0 fully saturated rings.